The van der Waals surface area contributed by atoms with Crippen LogP contribution in [0.1, 0.15) is 54.7 Å². The molecule has 0 radical (unpaired) electrons. The van der Waals surface area contributed by atoms with Gasteiger partial charge in [0.15, 0.2) is 0 Å². The Morgan fingerprint density at radius 2 is 2.10 bits per heavy atom. The summed E-state index contributed by atoms with van der Waals surface area (Å²) in [6.45, 7) is 7.98. The number of nitrogens with zero attached hydrogens (tertiary/aromatic N) is 2. The van der Waals surface area contributed by atoms with Crippen molar-refractivity contribution in [2.24, 2.45) is 0 Å². The van der Waals surface area contributed by atoms with E-state index in [-0.39, 0.29) is 17.4 Å². The van der Waals surface area contributed by atoms with E-state index in [1.165, 1.54) is 0 Å². The molecule has 1 aromatic heterocycles. The molecule has 0 aliphatic heterocycles. The lowest BCUT2D eigenvalue weighted by Gasteiger charge is -2.18. The van der Waals surface area contributed by atoms with Gasteiger partial charge in [-0.25, -0.2) is 0 Å². The quantitative estimate of drug-likeness (QED) is 0.854. The number of carbonyl (C=O) groups excluding carboxylic acids is 1. The van der Waals surface area contributed by atoms with E-state index in [0.717, 1.165) is 22.8 Å². The molecule has 1 amide bonds. The minimum absolute atomic E-state index is 0.129. The summed E-state index contributed by atoms with van der Waals surface area (Å²) in [6.07, 6.45) is 0. The molecule has 1 unspecified atom stereocenters. The van der Waals surface area contributed by atoms with Gasteiger partial charge in [0.25, 0.3) is 5.91 Å². The summed E-state index contributed by atoms with van der Waals surface area (Å²) in [5.41, 5.74) is 7.94. The highest BCUT2D eigenvalue weighted by atomic mass is 32.1. The van der Waals surface area contributed by atoms with E-state index in [0.29, 0.717) is 10.6 Å². The third kappa shape index (κ3) is 3.58. The van der Waals surface area contributed by atoms with E-state index in [9.17, 15) is 4.79 Å². The molecule has 0 saturated heterocycles. The number of nitrogens with two attached hydrogens (primary N) is 1. The van der Waals surface area contributed by atoms with Gasteiger partial charge >= 0.3 is 0 Å². The van der Waals surface area contributed by atoms with Crippen molar-refractivity contribution in [2.45, 2.75) is 39.2 Å². The summed E-state index contributed by atoms with van der Waals surface area (Å²) in [6, 6.07) is 7.37. The van der Waals surface area contributed by atoms with Crippen LogP contribution in [-0.2, 0) is 5.41 Å². The number of benzene rings is 1. The first-order chi connectivity index (χ1) is 9.79. The Balaban J connectivity index is 2.17. The summed E-state index contributed by atoms with van der Waals surface area (Å²) < 4.78 is 3.91. The summed E-state index contributed by atoms with van der Waals surface area (Å²) in [4.78, 5) is 13.0. The van der Waals surface area contributed by atoms with Gasteiger partial charge in [-0.2, -0.15) is 0 Å². The average Bonchev–Trinajstić information content (AvgIpc) is 2.87. The summed E-state index contributed by atoms with van der Waals surface area (Å²) in [5.74, 6) is -0.148. The monoisotopic (exact) mass is 304 g/mol. The van der Waals surface area contributed by atoms with Gasteiger partial charge in [-0.1, -0.05) is 37.4 Å². The van der Waals surface area contributed by atoms with Gasteiger partial charge in [0.05, 0.1) is 11.7 Å². The molecule has 2 aromatic rings. The molecule has 2 rings (SSSR count). The fourth-order valence-corrected chi connectivity index (χ4v) is 2.78. The Labute approximate surface area is 128 Å². The number of nitrogens with one attached hydrogen (secondary N) is 1. The standard InChI is InChI=1S/C15H20N4OS/c1-9(10-6-5-7-11(16)8-10)17-14(20)12-13(15(2,3)4)18-19-21-12/h5-9H,16H2,1-4H3,(H,17,20). The molecule has 0 spiro atoms. The molecule has 6 heteroatoms. The van der Waals surface area contributed by atoms with Crippen LogP contribution >= 0.6 is 11.5 Å². The minimum atomic E-state index is -0.208. The molecule has 1 aromatic carbocycles. The number of nitrogen functional groups attached to an aromatic ring is 1. The van der Waals surface area contributed by atoms with Crippen LogP contribution < -0.4 is 11.1 Å². The van der Waals surface area contributed by atoms with E-state index in [1.807, 2.05) is 52.0 Å². The number of aromatic nitrogens is 2. The van der Waals surface area contributed by atoms with E-state index < -0.39 is 0 Å². The highest BCUT2D eigenvalue weighted by Crippen LogP contribution is 2.26. The Morgan fingerprint density at radius 3 is 2.71 bits per heavy atom. The van der Waals surface area contributed by atoms with Crippen molar-refractivity contribution in [3.05, 3.63) is 40.4 Å². The number of hydrogen-bond donors (Lipinski definition) is 2. The molecule has 0 aliphatic carbocycles. The van der Waals surface area contributed by atoms with Crippen molar-refractivity contribution in [1.29, 1.82) is 0 Å². The van der Waals surface area contributed by atoms with Gasteiger partial charge in [-0.3, -0.25) is 4.79 Å². The third-order valence-electron chi connectivity index (χ3n) is 3.16. The summed E-state index contributed by atoms with van der Waals surface area (Å²) >= 11 is 1.13. The molecule has 3 N–H and O–H groups in total. The molecule has 1 heterocycles. The maximum absolute atomic E-state index is 12.4. The van der Waals surface area contributed by atoms with E-state index in [1.54, 1.807) is 0 Å². The topological polar surface area (TPSA) is 80.9 Å². The number of rotatable bonds is 3. The lowest BCUT2D eigenvalue weighted by atomic mass is 9.91. The van der Waals surface area contributed by atoms with Crippen LogP contribution in [-0.4, -0.2) is 15.5 Å². The van der Waals surface area contributed by atoms with Crippen LogP contribution in [0.5, 0.6) is 0 Å². The van der Waals surface area contributed by atoms with Gasteiger partial charge < -0.3 is 11.1 Å². The van der Waals surface area contributed by atoms with E-state index >= 15 is 0 Å². The predicted molar refractivity (Wildman–Crippen MR) is 85.3 cm³/mol. The Bertz CT molecular complexity index is 645. The Morgan fingerprint density at radius 1 is 1.38 bits per heavy atom. The zero-order valence-electron chi connectivity index (χ0n) is 12.7. The molecule has 1 atom stereocenters. The van der Waals surface area contributed by atoms with E-state index in [4.69, 9.17) is 5.73 Å². The highest BCUT2D eigenvalue weighted by Gasteiger charge is 2.27. The second-order valence-corrected chi connectivity index (χ2v) is 6.82. The lowest BCUT2D eigenvalue weighted by molar-refractivity contribution is 0.0941. The first kappa shape index (κ1) is 15.4. The number of amides is 1. The Hall–Kier alpha value is -1.95. The van der Waals surface area contributed by atoms with Crippen LogP contribution in [0.2, 0.25) is 0 Å². The van der Waals surface area contributed by atoms with Gasteiger partial charge in [0.1, 0.15) is 4.88 Å². The number of hydrogen-bond acceptors (Lipinski definition) is 5. The van der Waals surface area contributed by atoms with Crippen LogP contribution in [0.4, 0.5) is 5.69 Å². The fourth-order valence-electron chi connectivity index (χ4n) is 2.00. The smallest absolute Gasteiger partial charge is 0.265 e. The first-order valence-electron chi connectivity index (χ1n) is 6.78. The molecule has 0 aliphatic rings. The molecule has 0 fully saturated rings. The summed E-state index contributed by atoms with van der Waals surface area (Å²) in [5, 5.41) is 7.06. The zero-order valence-corrected chi connectivity index (χ0v) is 13.5. The maximum Gasteiger partial charge on any atom is 0.265 e. The van der Waals surface area contributed by atoms with Crippen LogP contribution in [0, 0.1) is 0 Å². The highest BCUT2D eigenvalue weighted by molar-refractivity contribution is 7.08. The van der Waals surface area contributed by atoms with Crippen molar-refractivity contribution in [3.8, 4) is 0 Å². The molecule has 0 saturated carbocycles. The SMILES string of the molecule is CC(NC(=O)c1snnc1C(C)(C)C)c1cccc(N)c1. The van der Waals surface area contributed by atoms with Crippen LogP contribution in [0.25, 0.3) is 0 Å². The molecular formula is C15H20N4OS. The predicted octanol–water partition coefficient (Wildman–Crippen LogP) is 2.91. The summed E-state index contributed by atoms with van der Waals surface area (Å²) in [7, 11) is 0. The second-order valence-electron chi connectivity index (χ2n) is 6.07. The molecule has 0 bridgehead atoms. The fraction of sp³-hybridized carbons (Fsp3) is 0.400. The van der Waals surface area contributed by atoms with Crippen molar-refractivity contribution in [2.75, 3.05) is 5.73 Å². The van der Waals surface area contributed by atoms with Gasteiger partial charge in [0, 0.05) is 11.1 Å². The van der Waals surface area contributed by atoms with Gasteiger partial charge in [-0.05, 0) is 36.2 Å². The molecule has 21 heavy (non-hydrogen) atoms. The molecular weight excluding hydrogens is 284 g/mol. The third-order valence-corrected chi connectivity index (χ3v) is 3.89. The van der Waals surface area contributed by atoms with Crippen molar-refractivity contribution < 1.29 is 4.79 Å². The normalized spacial score (nSPS) is 13.0. The molecule has 112 valence electrons. The van der Waals surface area contributed by atoms with Crippen LogP contribution in [0.3, 0.4) is 0 Å². The lowest BCUT2D eigenvalue weighted by Crippen LogP contribution is -2.28. The maximum atomic E-state index is 12.4. The first-order valence-corrected chi connectivity index (χ1v) is 7.55. The average molecular weight is 304 g/mol. The van der Waals surface area contributed by atoms with E-state index in [2.05, 4.69) is 14.9 Å². The van der Waals surface area contributed by atoms with Gasteiger partial charge in [0.2, 0.25) is 0 Å². The van der Waals surface area contributed by atoms with Crippen molar-refractivity contribution in [3.63, 3.8) is 0 Å². The van der Waals surface area contributed by atoms with Crippen LogP contribution in [0.15, 0.2) is 24.3 Å². The number of carbonyl (C=O) groups is 1. The Kier molecular flexibility index (Phi) is 4.27. The zero-order chi connectivity index (χ0) is 15.6. The van der Waals surface area contributed by atoms with Crippen molar-refractivity contribution in [1.82, 2.24) is 14.9 Å². The minimum Gasteiger partial charge on any atom is -0.399 e. The van der Waals surface area contributed by atoms with Gasteiger partial charge in [-0.15, -0.1) is 5.10 Å². The largest absolute Gasteiger partial charge is 0.399 e. The number of anilines is 1. The molecule has 5 nitrogen and oxygen atoms in total. The second kappa shape index (κ2) is 5.81. The van der Waals surface area contributed by atoms with Crippen molar-refractivity contribution >= 4 is 23.1 Å².